The number of fused-ring (bicyclic) bond motifs is 1. The summed E-state index contributed by atoms with van der Waals surface area (Å²) in [5, 5.41) is 0.934. The summed E-state index contributed by atoms with van der Waals surface area (Å²) in [7, 11) is 1.74. The minimum atomic E-state index is -0.175. The van der Waals surface area contributed by atoms with E-state index in [4.69, 9.17) is 4.74 Å². The van der Waals surface area contributed by atoms with Crippen molar-refractivity contribution in [2.75, 3.05) is 31.7 Å². The Morgan fingerprint density at radius 3 is 3.21 bits per heavy atom. The Morgan fingerprint density at radius 1 is 1.47 bits per heavy atom. The van der Waals surface area contributed by atoms with Gasteiger partial charge in [-0.3, -0.25) is 0 Å². The molecule has 1 unspecified atom stereocenters. The molecular weight excluding hydrogens is 243 g/mol. The highest BCUT2D eigenvalue weighted by molar-refractivity contribution is 5.83. The molecule has 1 atom stereocenters. The molecule has 2 heterocycles. The van der Waals surface area contributed by atoms with Gasteiger partial charge in [0.15, 0.2) is 0 Å². The summed E-state index contributed by atoms with van der Waals surface area (Å²) < 4.78 is 19.2. The number of benzene rings is 1. The van der Waals surface area contributed by atoms with Gasteiger partial charge in [-0.1, -0.05) is 0 Å². The van der Waals surface area contributed by atoms with Gasteiger partial charge in [-0.25, -0.2) is 4.39 Å². The molecular formula is C15H19FN2O. The molecule has 102 valence electrons. The number of rotatable bonds is 3. The molecule has 0 spiro atoms. The lowest BCUT2D eigenvalue weighted by molar-refractivity contribution is 0.143. The van der Waals surface area contributed by atoms with Crippen LogP contribution in [-0.2, 0) is 4.74 Å². The average molecular weight is 262 g/mol. The van der Waals surface area contributed by atoms with E-state index in [2.05, 4.69) is 16.0 Å². The van der Waals surface area contributed by atoms with Crippen LogP contribution in [-0.4, -0.2) is 31.8 Å². The minimum Gasteiger partial charge on any atom is -0.384 e. The number of aromatic amines is 1. The largest absolute Gasteiger partial charge is 0.384 e. The van der Waals surface area contributed by atoms with Gasteiger partial charge >= 0.3 is 0 Å². The van der Waals surface area contributed by atoms with Gasteiger partial charge in [0.1, 0.15) is 5.82 Å². The van der Waals surface area contributed by atoms with E-state index in [0.717, 1.165) is 37.2 Å². The van der Waals surface area contributed by atoms with Gasteiger partial charge < -0.3 is 14.6 Å². The molecule has 0 aliphatic carbocycles. The van der Waals surface area contributed by atoms with Crippen LogP contribution in [0.1, 0.15) is 12.8 Å². The van der Waals surface area contributed by atoms with E-state index in [-0.39, 0.29) is 5.82 Å². The third kappa shape index (κ3) is 2.45. The Morgan fingerprint density at radius 2 is 2.37 bits per heavy atom. The first-order valence-corrected chi connectivity index (χ1v) is 6.78. The van der Waals surface area contributed by atoms with Crippen molar-refractivity contribution in [3.8, 4) is 0 Å². The zero-order valence-corrected chi connectivity index (χ0v) is 11.2. The standard InChI is InChI=1S/C15H19FN2O/c1-19-10-11-3-2-6-18(9-11)13-7-12-4-5-17-15(12)14(16)8-13/h4-5,7-8,11,17H,2-3,6,9-10H2,1H3. The van der Waals surface area contributed by atoms with Crippen LogP contribution in [0.5, 0.6) is 0 Å². The summed E-state index contributed by atoms with van der Waals surface area (Å²) in [4.78, 5) is 5.20. The van der Waals surface area contributed by atoms with E-state index < -0.39 is 0 Å². The molecule has 0 saturated carbocycles. The van der Waals surface area contributed by atoms with Crippen LogP contribution < -0.4 is 4.90 Å². The van der Waals surface area contributed by atoms with E-state index in [9.17, 15) is 4.39 Å². The Hall–Kier alpha value is -1.55. The van der Waals surface area contributed by atoms with Gasteiger partial charge in [0.2, 0.25) is 0 Å². The number of ether oxygens (including phenoxy) is 1. The predicted molar refractivity (Wildman–Crippen MR) is 75.1 cm³/mol. The third-order valence-electron chi connectivity index (χ3n) is 3.88. The molecule has 1 aromatic heterocycles. The van der Waals surface area contributed by atoms with Crippen molar-refractivity contribution in [1.82, 2.24) is 4.98 Å². The van der Waals surface area contributed by atoms with Gasteiger partial charge in [-0.05, 0) is 37.0 Å². The van der Waals surface area contributed by atoms with Crippen molar-refractivity contribution in [2.24, 2.45) is 5.92 Å². The molecule has 3 nitrogen and oxygen atoms in total. The van der Waals surface area contributed by atoms with E-state index >= 15 is 0 Å². The molecule has 2 aromatic rings. The van der Waals surface area contributed by atoms with E-state index in [1.54, 1.807) is 19.4 Å². The van der Waals surface area contributed by atoms with E-state index in [0.29, 0.717) is 11.4 Å². The lowest BCUT2D eigenvalue weighted by Crippen LogP contribution is -2.37. The zero-order chi connectivity index (χ0) is 13.2. The molecule has 1 saturated heterocycles. The van der Waals surface area contributed by atoms with Crippen molar-refractivity contribution >= 4 is 16.6 Å². The first-order chi connectivity index (χ1) is 9.28. The Bertz CT molecular complexity index is 564. The summed E-state index contributed by atoms with van der Waals surface area (Å²) >= 11 is 0. The van der Waals surface area contributed by atoms with Crippen LogP contribution >= 0.6 is 0 Å². The van der Waals surface area contributed by atoms with Gasteiger partial charge in [0.05, 0.1) is 12.1 Å². The number of piperidine rings is 1. The molecule has 0 radical (unpaired) electrons. The highest BCUT2D eigenvalue weighted by Crippen LogP contribution is 2.28. The van der Waals surface area contributed by atoms with E-state index in [1.165, 1.54) is 6.42 Å². The summed E-state index contributed by atoms with van der Waals surface area (Å²) in [5.41, 5.74) is 1.57. The van der Waals surface area contributed by atoms with Crippen molar-refractivity contribution in [3.63, 3.8) is 0 Å². The van der Waals surface area contributed by atoms with Crippen LogP contribution in [0.4, 0.5) is 10.1 Å². The topological polar surface area (TPSA) is 28.3 Å². The summed E-state index contributed by atoms with van der Waals surface area (Å²) in [6.07, 6.45) is 4.11. The number of halogens is 1. The lowest BCUT2D eigenvalue weighted by Gasteiger charge is -2.34. The van der Waals surface area contributed by atoms with Crippen LogP contribution in [0.3, 0.4) is 0 Å². The molecule has 1 N–H and O–H groups in total. The second-order valence-electron chi connectivity index (χ2n) is 5.28. The van der Waals surface area contributed by atoms with Gasteiger partial charge in [-0.2, -0.15) is 0 Å². The fourth-order valence-corrected chi connectivity index (χ4v) is 2.97. The smallest absolute Gasteiger partial charge is 0.149 e. The first-order valence-electron chi connectivity index (χ1n) is 6.78. The summed E-state index contributed by atoms with van der Waals surface area (Å²) in [6.45, 7) is 2.73. The number of aromatic nitrogens is 1. The summed E-state index contributed by atoms with van der Waals surface area (Å²) in [6, 6.07) is 5.61. The second-order valence-corrected chi connectivity index (χ2v) is 5.28. The van der Waals surface area contributed by atoms with Crippen molar-refractivity contribution in [2.45, 2.75) is 12.8 Å². The van der Waals surface area contributed by atoms with E-state index in [1.807, 2.05) is 6.07 Å². The third-order valence-corrected chi connectivity index (χ3v) is 3.88. The molecule has 1 aliphatic heterocycles. The summed E-state index contributed by atoms with van der Waals surface area (Å²) in [5.74, 6) is 0.370. The molecule has 1 aromatic carbocycles. The number of nitrogens with zero attached hydrogens (tertiary/aromatic N) is 1. The van der Waals surface area contributed by atoms with Crippen molar-refractivity contribution in [1.29, 1.82) is 0 Å². The molecule has 1 fully saturated rings. The quantitative estimate of drug-likeness (QED) is 0.920. The van der Waals surface area contributed by atoms with Gasteiger partial charge in [0.25, 0.3) is 0 Å². The molecule has 19 heavy (non-hydrogen) atoms. The van der Waals surface area contributed by atoms with Crippen molar-refractivity contribution < 1.29 is 9.13 Å². The van der Waals surface area contributed by atoms with Crippen LogP contribution in [0.2, 0.25) is 0 Å². The minimum absolute atomic E-state index is 0.175. The SMILES string of the molecule is COCC1CCCN(c2cc(F)c3[nH]ccc3c2)C1. The molecule has 1 aliphatic rings. The second kappa shape index (κ2) is 5.21. The fraction of sp³-hybridized carbons (Fsp3) is 0.467. The maximum atomic E-state index is 14.0. The fourth-order valence-electron chi connectivity index (χ4n) is 2.97. The maximum Gasteiger partial charge on any atom is 0.149 e. The molecule has 3 rings (SSSR count). The number of hydrogen-bond donors (Lipinski definition) is 1. The molecule has 4 heteroatoms. The zero-order valence-electron chi connectivity index (χ0n) is 11.2. The Kier molecular flexibility index (Phi) is 3.42. The van der Waals surface area contributed by atoms with Crippen molar-refractivity contribution in [3.05, 3.63) is 30.2 Å². The molecule has 0 amide bonds. The Labute approximate surface area is 112 Å². The van der Waals surface area contributed by atoms with Gasteiger partial charge in [-0.15, -0.1) is 0 Å². The number of nitrogens with one attached hydrogen (secondary N) is 1. The normalized spacial score (nSPS) is 20.1. The number of hydrogen-bond acceptors (Lipinski definition) is 2. The van der Waals surface area contributed by atoms with Crippen LogP contribution in [0, 0.1) is 11.7 Å². The first kappa shape index (κ1) is 12.5. The lowest BCUT2D eigenvalue weighted by atomic mass is 9.98. The maximum absolute atomic E-state index is 14.0. The highest BCUT2D eigenvalue weighted by atomic mass is 19.1. The number of H-pyrrole nitrogens is 1. The average Bonchev–Trinajstić information content (AvgIpc) is 2.88. The monoisotopic (exact) mass is 262 g/mol. The Balaban J connectivity index is 1.86. The highest BCUT2D eigenvalue weighted by Gasteiger charge is 2.21. The van der Waals surface area contributed by atoms with Crippen LogP contribution in [0.15, 0.2) is 24.4 Å². The number of anilines is 1. The predicted octanol–water partition coefficient (Wildman–Crippen LogP) is 3.17. The molecule has 0 bridgehead atoms. The van der Waals surface area contributed by atoms with Crippen LogP contribution in [0.25, 0.3) is 10.9 Å². The van der Waals surface area contributed by atoms with Gasteiger partial charge in [0, 0.05) is 37.5 Å². The number of methoxy groups -OCH3 is 1.